The van der Waals surface area contributed by atoms with Crippen molar-refractivity contribution in [2.75, 3.05) is 26.9 Å². The standard InChI is InChI=1S/C13H24O4/c1-12(2)8-10(13(3,4)17-12)11(14)9-16-7-6-15-5/h10H,6-9H2,1-5H3. The van der Waals surface area contributed by atoms with Crippen LogP contribution in [0.4, 0.5) is 0 Å². The van der Waals surface area contributed by atoms with E-state index in [0.29, 0.717) is 13.2 Å². The second-order valence-electron chi connectivity index (χ2n) is 5.73. The molecule has 1 rings (SSSR count). The van der Waals surface area contributed by atoms with Crippen LogP contribution in [0.5, 0.6) is 0 Å². The molecule has 0 N–H and O–H groups in total. The highest BCUT2D eigenvalue weighted by Gasteiger charge is 2.48. The summed E-state index contributed by atoms with van der Waals surface area (Å²) in [5.74, 6) is 0.0386. The SMILES string of the molecule is COCCOCC(=O)C1CC(C)(C)OC1(C)C. The van der Waals surface area contributed by atoms with Crippen molar-refractivity contribution in [3.05, 3.63) is 0 Å². The van der Waals surface area contributed by atoms with Crippen LogP contribution in [0.25, 0.3) is 0 Å². The van der Waals surface area contributed by atoms with Crippen molar-refractivity contribution in [2.24, 2.45) is 5.92 Å². The van der Waals surface area contributed by atoms with Gasteiger partial charge in [-0.1, -0.05) is 0 Å². The predicted molar refractivity (Wildman–Crippen MR) is 65.1 cm³/mol. The second kappa shape index (κ2) is 5.46. The van der Waals surface area contributed by atoms with E-state index in [1.807, 2.05) is 27.7 Å². The number of hydrogen-bond acceptors (Lipinski definition) is 4. The lowest BCUT2D eigenvalue weighted by molar-refractivity contribution is -0.134. The summed E-state index contributed by atoms with van der Waals surface area (Å²) in [6.45, 7) is 9.11. The largest absolute Gasteiger partial charge is 0.382 e. The fraction of sp³-hybridized carbons (Fsp3) is 0.923. The van der Waals surface area contributed by atoms with Crippen LogP contribution in [0.15, 0.2) is 0 Å². The minimum Gasteiger partial charge on any atom is -0.382 e. The third-order valence-electron chi connectivity index (χ3n) is 3.14. The van der Waals surface area contributed by atoms with Gasteiger partial charge in [0.15, 0.2) is 5.78 Å². The van der Waals surface area contributed by atoms with Crippen LogP contribution in [0, 0.1) is 5.92 Å². The van der Waals surface area contributed by atoms with Crippen molar-refractivity contribution in [1.82, 2.24) is 0 Å². The highest BCUT2D eigenvalue weighted by Crippen LogP contribution is 2.42. The molecule has 1 unspecified atom stereocenters. The van der Waals surface area contributed by atoms with Gasteiger partial charge in [0, 0.05) is 7.11 Å². The Morgan fingerprint density at radius 3 is 2.41 bits per heavy atom. The Balaban J connectivity index is 2.46. The van der Waals surface area contributed by atoms with E-state index in [-0.39, 0.29) is 23.9 Å². The van der Waals surface area contributed by atoms with Gasteiger partial charge in [0.2, 0.25) is 0 Å². The van der Waals surface area contributed by atoms with Crippen LogP contribution in [0.1, 0.15) is 34.1 Å². The number of ketones is 1. The third-order valence-corrected chi connectivity index (χ3v) is 3.14. The van der Waals surface area contributed by atoms with Gasteiger partial charge in [-0.05, 0) is 34.1 Å². The average molecular weight is 244 g/mol. The smallest absolute Gasteiger partial charge is 0.164 e. The van der Waals surface area contributed by atoms with Gasteiger partial charge in [0.1, 0.15) is 6.61 Å². The Morgan fingerprint density at radius 2 is 1.94 bits per heavy atom. The van der Waals surface area contributed by atoms with Gasteiger partial charge < -0.3 is 14.2 Å². The molecule has 0 aromatic heterocycles. The summed E-state index contributed by atoms with van der Waals surface area (Å²) >= 11 is 0. The Kier molecular flexibility index (Phi) is 4.69. The summed E-state index contributed by atoms with van der Waals surface area (Å²) in [5.41, 5.74) is -0.623. The lowest BCUT2D eigenvalue weighted by Crippen LogP contribution is -2.35. The highest BCUT2D eigenvalue weighted by molar-refractivity contribution is 5.83. The zero-order valence-corrected chi connectivity index (χ0v) is 11.5. The molecule has 0 aromatic rings. The topological polar surface area (TPSA) is 44.8 Å². The molecule has 1 saturated heterocycles. The summed E-state index contributed by atoms with van der Waals surface area (Å²) in [7, 11) is 1.61. The van der Waals surface area contributed by atoms with Gasteiger partial charge in [-0.2, -0.15) is 0 Å². The monoisotopic (exact) mass is 244 g/mol. The van der Waals surface area contributed by atoms with E-state index in [2.05, 4.69) is 0 Å². The van der Waals surface area contributed by atoms with E-state index in [4.69, 9.17) is 14.2 Å². The van der Waals surface area contributed by atoms with Gasteiger partial charge in [0.05, 0.1) is 30.3 Å². The highest BCUT2D eigenvalue weighted by atomic mass is 16.5. The summed E-state index contributed by atoms with van der Waals surface area (Å²) in [6, 6.07) is 0. The first-order chi connectivity index (χ1) is 7.78. The first kappa shape index (κ1) is 14.6. The molecule has 0 bridgehead atoms. The van der Waals surface area contributed by atoms with Gasteiger partial charge >= 0.3 is 0 Å². The van der Waals surface area contributed by atoms with E-state index in [1.54, 1.807) is 7.11 Å². The van der Waals surface area contributed by atoms with Crippen LogP contribution in [0.3, 0.4) is 0 Å². The van der Waals surface area contributed by atoms with Crippen LogP contribution in [0.2, 0.25) is 0 Å². The molecule has 4 heteroatoms. The van der Waals surface area contributed by atoms with Crippen molar-refractivity contribution >= 4 is 5.78 Å². The molecule has 1 aliphatic heterocycles. The van der Waals surface area contributed by atoms with Crippen molar-refractivity contribution in [3.63, 3.8) is 0 Å². The Hall–Kier alpha value is -0.450. The molecular weight excluding hydrogens is 220 g/mol. The molecule has 0 aromatic carbocycles. The van der Waals surface area contributed by atoms with Gasteiger partial charge in [0.25, 0.3) is 0 Å². The summed E-state index contributed by atoms with van der Waals surface area (Å²) in [6.07, 6.45) is 0.756. The van der Waals surface area contributed by atoms with Crippen molar-refractivity contribution in [2.45, 2.75) is 45.3 Å². The van der Waals surface area contributed by atoms with Gasteiger partial charge in [-0.15, -0.1) is 0 Å². The molecule has 1 heterocycles. The zero-order chi connectivity index (χ0) is 13.1. The summed E-state index contributed by atoms with van der Waals surface area (Å²) in [5, 5.41) is 0. The Morgan fingerprint density at radius 1 is 1.29 bits per heavy atom. The lowest BCUT2D eigenvalue weighted by Gasteiger charge is -2.26. The third kappa shape index (κ3) is 4.05. The summed E-state index contributed by atoms with van der Waals surface area (Å²) < 4.78 is 16.0. The first-order valence-corrected chi connectivity index (χ1v) is 6.08. The second-order valence-corrected chi connectivity index (χ2v) is 5.73. The van der Waals surface area contributed by atoms with Gasteiger partial charge in [-0.3, -0.25) is 4.79 Å². The zero-order valence-electron chi connectivity index (χ0n) is 11.5. The van der Waals surface area contributed by atoms with E-state index in [9.17, 15) is 4.79 Å². The fourth-order valence-corrected chi connectivity index (χ4v) is 2.48. The normalized spacial score (nSPS) is 26.1. The van der Waals surface area contributed by atoms with Crippen LogP contribution in [-0.2, 0) is 19.0 Å². The molecule has 0 radical (unpaired) electrons. The molecule has 0 saturated carbocycles. The van der Waals surface area contributed by atoms with E-state index < -0.39 is 5.60 Å². The number of carbonyl (C=O) groups is 1. The molecule has 1 atom stereocenters. The van der Waals surface area contributed by atoms with E-state index >= 15 is 0 Å². The van der Waals surface area contributed by atoms with E-state index in [0.717, 1.165) is 6.42 Å². The molecule has 100 valence electrons. The number of rotatable bonds is 6. The van der Waals surface area contributed by atoms with Crippen LogP contribution >= 0.6 is 0 Å². The molecule has 0 amide bonds. The van der Waals surface area contributed by atoms with Crippen LogP contribution < -0.4 is 0 Å². The van der Waals surface area contributed by atoms with Crippen LogP contribution in [-0.4, -0.2) is 43.9 Å². The maximum absolute atomic E-state index is 12.1. The minimum absolute atomic E-state index is 0.0833. The maximum atomic E-state index is 12.1. The lowest BCUT2D eigenvalue weighted by atomic mass is 9.84. The predicted octanol–water partition coefficient (Wildman–Crippen LogP) is 1.81. The van der Waals surface area contributed by atoms with Crippen molar-refractivity contribution < 1.29 is 19.0 Å². The Labute approximate surface area is 104 Å². The number of methoxy groups -OCH3 is 1. The number of Topliss-reactive ketones (excluding diaryl/α,β-unsaturated/α-hetero) is 1. The fourth-order valence-electron chi connectivity index (χ4n) is 2.48. The number of hydrogen-bond donors (Lipinski definition) is 0. The average Bonchev–Trinajstić information content (AvgIpc) is 2.41. The van der Waals surface area contributed by atoms with Crippen molar-refractivity contribution in [3.8, 4) is 0 Å². The molecule has 1 aliphatic rings. The molecule has 1 fully saturated rings. The molecule has 17 heavy (non-hydrogen) atoms. The number of carbonyl (C=O) groups excluding carboxylic acids is 1. The molecule has 0 spiro atoms. The Bertz CT molecular complexity index is 271. The van der Waals surface area contributed by atoms with E-state index in [1.165, 1.54) is 0 Å². The van der Waals surface area contributed by atoms with Gasteiger partial charge in [-0.25, -0.2) is 0 Å². The molecule has 0 aliphatic carbocycles. The molecule has 4 nitrogen and oxygen atoms in total. The van der Waals surface area contributed by atoms with Crippen molar-refractivity contribution in [1.29, 1.82) is 0 Å². The summed E-state index contributed by atoms with van der Waals surface area (Å²) in [4.78, 5) is 12.1. The quantitative estimate of drug-likeness (QED) is 0.668. The minimum atomic E-state index is -0.398. The first-order valence-electron chi connectivity index (χ1n) is 6.08. The maximum Gasteiger partial charge on any atom is 0.164 e. The number of ether oxygens (including phenoxy) is 3. The molecular formula is C13H24O4.